The van der Waals surface area contributed by atoms with Crippen molar-refractivity contribution in [3.05, 3.63) is 21.8 Å². The molecule has 0 saturated heterocycles. The maximum atomic E-state index is 11.6. The Bertz CT molecular complexity index is 773. The van der Waals surface area contributed by atoms with Gasteiger partial charge in [-0.25, -0.2) is 9.36 Å². The fourth-order valence-corrected chi connectivity index (χ4v) is 3.44. The molecule has 2 heterocycles. The van der Waals surface area contributed by atoms with E-state index in [-0.39, 0.29) is 24.9 Å². The molecule has 2 N–H and O–H groups in total. The number of carbonyl (C=O) groups is 2. The van der Waals surface area contributed by atoms with E-state index in [1.54, 1.807) is 17.1 Å². The predicted molar refractivity (Wildman–Crippen MR) is 167 cm³/mol. The second kappa shape index (κ2) is 22.3. The first-order valence-corrected chi connectivity index (χ1v) is 19.2. The van der Waals surface area contributed by atoms with Gasteiger partial charge in [0.1, 0.15) is 16.8 Å². The lowest BCUT2D eigenvalue weighted by molar-refractivity contribution is -0.122. The van der Waals surface area contributed by atoms with Crippen LogP contribution in [0.4, 0.5) is 0 Å². The van der Waals surface area contributed by atoms with Crippen LogP contribution in [0.15, 0.2) is 12.4 Å². The number of nitrogens with one attached hydrogen (secondary N) is 2. The molecule has 0 aliphatic heterocycles. The number of halogens is 3. The molecule has 0 aromatic carbocycles. The molecule has 0 spiro atoms. The molecule has 36 heavy (non-hydrogen) atoms. The quantitative estimate of drug-likeness (QED) is 0.278. The van der Waals surface area contributed by atoms with Gasteiger partial charge in [-0.3, -0.25) is 9.59 Å². The zero-order chi connectivity index (χ0) is 27.3. The van der Waals surface area contributed by atoms with Crippen LogP contribution in [-0.4, -0.2) is 104 Å². The molecule has 2 aromatic heterocycles. The van der Waals surface area contributed by atoms with Gasteiger partial charge in [0.15, 0.2) is 0 Å². The topological polar surface area (TPSA) is 126 Å². The van der Waals surface area contributed by atoms with Crippen molar-refractivity contribution in [2.45, 2.75) is 47.7 Å². The van der Waals surface area contributed by atoms with Crippen LogP contribution in [-0.2, 0) is 22.7 Å². The molecular weight excluding hydrogens is 805 g/mol. The van der Waals surface area contributed by atoms with Crippen LogP contribution in [0.5, 0.6) is 0 Å². The molecule has 2 rings (SSSR count). The fourth-order valence-electron chi connectivity index (χ4n) is 3.02. The van der Waals surface area contributed by atoms with Crippen molar-refractivity contribution in [3.63, 3.8) is 0 Å². The lowest BCUT2D eigenvalue weighted by Crippen LogP contribution is -2.36. The summed E-state index contributed by atoms with van der Waals surface area (Å²) in [5.74, 6) is -0.0551. The number of hydrogen-bond donors (Lipinski definition) is 2. The summed E-state index contributed by atoms with van der Waals surface area (Å²) in [6.07, 6.45) is 3.49. The average Bonchev–Trinajstić information content (AvgIpc) is 3.48. The largest absolute Gasteiger partial charge is 0.353 e. The van der Waals surface area contributed by atoms with Crippen LogP contribution >= 0.6 is 59.8 Å². The molecule has 2 aromatic rings. The summed E-state index contributed by atoms with van der Waals surface area (Å²) >= 11 is 6.30. The minimum Gasteiger partial charge on any atom is -0.353 e. The van der Waals surface area contributed by atoms with E-state index >= 15 is 0 Å². The fraction of sp³-hybridized carbons (Fsp3) is 0.714. The second-order valence-corrected chi connectivity index (χ2v) is 8.66. The van der Waals surface area contributed by atoms with Gasteiger partial charge in [-0.1, -0.05) is 38.1 Å². The number of amides is 2. The summed E-state index contributed by atoms with van der Waals surface area (Å²) in [6, 6.07) is 0. The number of likely N-dealkylation sites (N-methyl/N-ethyl adjacent to an activating group) is 2. The highest BCUT2D eigenvalue weighted by Crippen LogP contribution is 1.96. The van der Waals surface area contributed by atoms with E-state index in [0.717, 1.165) is 48.7 Å². The molecule has 0 saturated carbocycles. The van der Waals surface area contributed by atoms with Crippen LogP contribution in [0.25, 0.3) is 0 Å². The van der Waals surface area contributed by atoms with Gasteiger partial charge in [-0.2, -0.15) is 0 Å². The Labute approximate surface area is 251 Å². The zero-order valence-corrected chi connectivity index (χ0v) is 28.2. The summed E-state index contributed by atoms with van der Waals surface area (Å²) < 4.78 is 3.87. The molecule has 0 unspecified atom stereocenters. The van der Waals surface area contributed by atoms with Gasteiger partial charge < -0.3 is 20.4 Å². The van der Waals surface area contributed by atoms with Gasteiger partial charge in [-0.15, -0.1) is 10.2 Å². The molecule has 0 aliphatic carbocycles. The van der Waals surface area contributed by atoms with E-state index in [0.29, 0.717) is 13.1 Å². The molecule has 12 nitrogen and oxygen atoms in total. The maximum Gasteiger partial charge on any atom is 0.241 e. The monoisotopic (exact) mass is 844 g/mol. The summed E-state index contributed by atoms with van der Waals surface area (Å²) in [6.45, 7) is 17.9. The van der Waals surface area contributed by atoms with Crippen LogP contribution in [0, 0.1) is 10.6 Å². The van der Waals surface area contributed by atoms with Crippen molar-refractivity contribution < 1.29 is 9.59 Å². The number of aromatic nitrogens is 6. The van der Waals surface area contributed by atoms with Crippen LogP contribution in [0.3, 0.4) is 0 Å². The number of aryl methyl sites for hydroxylation is 1. The Morgan fingerprint density at radius 3 is 1.56 bits per heavy atom. The lowest BCUT2D eigenvalue weighted by atomic mass is 10.4. The minimum atomic E-state index is -0.0292. The molecule has 0 bridgehead atoms. The van der Waals surface area contributed by atoms with Crippen molar-refractivity contribution in [2.75, 3.05) is 52.4 Å². The van der Waals surface area contributed by atoms with Gasteiger partial charge in [-0.05, 0) is 55.7 Å². The molecule has 0 radical (unpaired) electrons. The third-order valence-corrected chi connectivity index (χ3v) is 5.56. The van der Waals surface area contributed by atoms with E-state index in [1.165, 1.54) is 4.68 Å². The Morgan fingerprint density at radius 1 is 0.806 bits per heavy atom. The third-order valence-electron chi connectivity index (χ3n) is 5.06. The lowest BCUT2D eigenvalue weighted by Gasteiger charge is -2.17. The number of carbonyl (C=O) groups excluding carboxylic acids is 2. The molecule has 2 amide bonds. The predicted octanol–water partition coefficient (Wildman–Crippen LogP) is 2.16. The number of nitrogens with zero attached hydrogens (tertiary/aromatic N) is 8. The van der Waals surface area contributed by atoms with Crippen molar-refractivity contribution >= 4 is 71.6 Å². The highest BCUT2D eigenvalue weighted by molar-refractivity contribution is 15.0. The van der Waals surface area contributed by atoms with E-state index < -0.39 is 0 Å². The number of hydrogen-bond acceptors (Lipinski definition) is 8. The Kier molecular flexibility index (Phi) is 21.9. The van der Waals surface area contributed by atoms with E-state index in [2.05, 4.69) is 129 Å². The van der Waals surface area contributed by atoms with Crippen LogP contribution in [0.1, 0.15) is 33.4 Å². The maximum absolute atomic E-state index is 11.6. The first kappa shape index (κ1) is 35.3. The molecule has 0 fully saturated rings. The highest BCUT2D eigenvalue weighted by Gasteiger charge is 2.06. The van der Waals surface area contributed by atoms with Gasteiger partial charge in [0.05, 0.1) is 11.9 Å². The second-order valence-electron chi connectivity index (χ2n) is 7.55. The Hall–Kier alpha value is -0.670. The molecule has 0 atom stereocenters. The van der Waals surface area contributed by atoms with Gasteiger partial charge >= 0.3 is 0 Å². The van der Waals surface area contributed by atoms with Gasteiger partial charge in [0.25, 0.3) is 0 Å². The summed E-state index contributed by atoms with van der Waals surface area (Å²) in [5.41, 5.74) is 0.820. The van der Waals surface area contributed by atoms with Crippen molar-refractivity contribution in [2.24, 2.45) is 0 Å². The minimum absolute atomic E-state index is 0.0259. The molecule has 15 heteroatoms. The van der Waals surface area contributed by atoms with Crippen LogP contribution < -0.4 is 10.6 Å². The van der Waals surface area contributed by atoms with E-state index in [9.17, 15) is 9.59 Å². The van der Waals surface area contributed by atoms with E-state index in [4.69, 9.17) is 0 Å². The van der Waals surface area contributed by atoms with Gasteiger partial charge in [0, 0.05) is 69.6 Å². The summed E-state index contributed by atoms with van der Waals surface area (Å²) in [4.78, 5) is 27.6. The average molecular weight is 844 g/mol. The summed E-state index contributed by atoms with van der Waals surface area (Å²) in [7, 11) is 0. The molecule has 206 valence electrons. The van der Waals surface area contributed by atoms with Crippen molar-refractivity contribution in [1.82, 2.24) is 50.4 Å². The smallest absolute Gasteiger partial charge is 0.241 e. The molecular formula is C21H39I3N10O2. The Morgan fingerprint density at radius 2 is 1.22 bits per heavy atom. The highest BCUT2D eigenvalue weighted by atomic mass is 128. The van der Waals surface area contributed by atoms with Crippen molar-refractivity contribution in [1.29, 1.82) is 0 Å². The summed E-state index contributed by atoms with van der Waals surface area (Å²) in [5, 5.41) is 21.0. The first-order chi connectivity index (χ1) is 17.3. The van der Waals surface area contributed by atoms with E-state index in [1.807, 2.05) is 6.92 Å². The Balaban J connectivity index is 0.000000637. The van der Waals surface area contributed by atoms with Crippen molar-refractivity contribution in [3.8, 4) is 0 Å². The molecule has 0 aliphatic rings. The SMILES string of the molecule is CCN(CC)CCNC(=O)Cn1cc(C)nn1.CCN(CC)CCNC(=O)Cn1cc(I)nn1.II. The normalized spacial score (nSPS) is 10.4. The standard InChI is InChI=1S/C11H21N5O.C10H18IN5O.I2/c1-4-15(5-2)7-6-12-11(17)9-16-8-10(3)13-14-16;1-3-15(4-2)6-5-12-10(17)8-16-7-9(11)13-14-16;1-2/h8H,4-7,9H2,1-3H3,(H,12,17);7H,3-6,8H2,1-2H3,(H,12,17);. The zero-order valence-electron chi connectivity index (χ0n) is 21.8. The first-order valence-electron chi connectivity index (χ1n) is 11.9. The van der Waals surface area contributed by atoms with Gasteiger partial charge in [0.2, 0.25) is 11.8 Å². The number of rotatable bonds is 14. The van der Waals surface area contributed by atoms with Crippen LogP contribution in [0.2, 0.25) is 0 Å². The third kappa shape index (κ3) is 17.0.